The lowest BCUT2D eigenvalue weighted by Gasteiger charge is -2.20. The summed E-state index contributed by atoms with van der Waals surface area (Å²) in [7, 11) is 1.21. The van der Waals surface area contributed by atoms with Crippen LogP contribution in [0, 0.1) is 0 Å². The van der Waals surface area contributed by atoms with Crippen LogP contribution in [0.2, 0.25) is 0 Å². The molecule has 0 aromatic rings. The number of hydrogen-bond acceptors (Lipinski definition) is 6. The molecule has 0 heterocycles. The fraction of sp³-hybridized carbons (Fsp3) is 0.857. The highest BCUT2D eigenvalue weighted by atomic mass is 16.5. The van der Waals surface area contributed by atoms with E-state index in [-0.39, 0.29) is 0 Å². The standard InChI is InChI=1S/C7H15NO5/c1-13-7(5(11)3-10)6(12)4(8)2-9/h4-5,7,9-11H,2-3,8H2,1H3/t4-,5+,7+/m0/s1. The highest BCUT2D eigenvalue weighted by Crippen LogP contribution is 2.01. The van der Waals surface area contributed by atoms with E-state index < -0.39 is 37.2 Å². The largest absolute Gasteiger partial charge is 0.394 e. The molecule has 0 saturated carbocycles. The maximum Gasteiger partial charge on any atom is 0.183 e. The van der Waals surface area contributed by atoms with E-state index in [9.17, 15) is 4.79 Å². The third-order valence-electron chi connectivity index (χ3n) is 1.63. The number of carbonyl (C=O) groups is 1. The molecule has 0 spiro atoms. The number of methoxy groups -OCH3 is 1. The van der Waals surface area contributed by atoms with Crippen LogP contribution in [0.1, 0.15) is 0 Å². The van der Waals surface area contributed by atoms with Crippen molar-refractivity contribution >= 4 is 5.78 Å². The van der Waals surface area contributed by atoms with E-state index in [4.69, 9.17) is 21.1 Å². The van der Waals surface area contributed by atoms with Crippen LogP contribution in [0.5, 0.6) is 0 Å². The van der Waals surface area contributed by atoms with Gasteiger partial charge in [-0.1, -0.05) is 0 Å². The van der Waals surface area contributed by atoms with Crippen molar-refractivity contribution in [1.29, 1.82) is 0 Å². The summed E-state index contributed by atoms with van der Waals surface area (Å²) < 4.78 is 4.64. The Kier molecular flexibility index (Phi) is 5.76. The Labute approximate surface area is 75.9 Å². The number of ether oxygens (including phenoxy) is 1. The Balaban J connectivity index is 4.31. The van der Waals surface area contributed by atoms with Crippen molar-refractivity contribution in [2.75, 3.05) is 20.3 Å². The molecule has 0 aliphatic heterocycles. The van der Waals surface area contributed by atoms with Gasteiger partial charge in [-0.2, -0.15) is 0 Å². The number of rotatable bonds is 6. The first-order valence-corrected chi connectivity index (χ1v) is 3.80. The number of nitrogens with two attached hydrogens (primary N) is 1. The molecule has 0 aromatic heterocycles. The van der Waals surface area contributed by atoms with Gasteiger partial charge in [0.2, 0.25) is 0 Å². The molecule has 0 rings (SSSR count). The Bertz CT molecular complexity index is 163. The third kappa shape index (κ3) is 3.37. The van der Waals surface area contributed by atoms with E-state index >= 15 is 0 Å². The molecule has 13 heavy (non-hydrogen) atoms. The zero-order chi connectivity index (χ0) is 10.4. The molecule has 0 aromatic carbocycles. The quantitative estimate of drug-likeness (QED) is 0.363. The van der Waals surface area contributed by atoms with Gasteiger partial charge in [0, 0.05) is 7.11 Å². The topological polar surface area (TPSA) is 113 Å². The minimum absolute atomic E-state index is 0.517. The minimum Gasteiger partial charge on any atom is -0.394 e. The van der Waals surface area contributed by atoms with E-state index in [0.717, 1.165) is 0 Å². The number of aliphatic hydroxyl groups is 3. The van der Waals surface area contributed by atoms with Crippen LogP contribution >= 0.6 is 0 Å². The third-order valence-corrected chi connectivity index (χ3v) is 1.63. The maximum atomic E-state index is 11.2. The summed E-state index contributed by atoms with van der Waals surface area (Å²) in [6.07, 6.45) is -2.50. The van der Waals surface area contributed by atoms with Crippen molar-refractivity contribution in [2.24, 2.45) is 5.73 Å². The second-order valence-electron chi connectivity index (χ2n) is 2.60. The molecule has 0 unspecified atom stereocenters. The van der Waals surface area contributed by atoms with Gasteiger partial charge in [-0.3, -0.25) is 4.79 Å². The summed E-state index contributed by atoms with van der Waals surface area (Å²) in [6, 6.07) is -1.09. The summed E-state index contributed by atoms with van der Waals surface area (Å²) in [5.41, 5.74) is 5.21. The maximum absolute atomic E-state index is 11.2. The summed E-state index contributed by atoms with van der Waals surface area (Å²) in [5, 5.41) is 26.2. The normalized spacial score (nSPS) is 17.9. The first-order valence-electron chi connectivity index (χ1n) is 3.80. The second-order valence-corrected chi connectivity index (χ2v) is 2.60. The van der Waals surface area contributed by atoms with Crippen molar-refractivity contribution in [3.05, 3.63) is 0 Å². The summed E-state index contributed by atoms with van der Waals surface area (Å²) in [4.78, 5) is 11.2. The van der Waals surface area contributed by atoms with Gasteiger partial charge in [0.25, 0.3) is 0 Å². The van der Waals surface area contributed by atoms with Crippen molar-refractivity contribution in [3.8, 4) is 0 Å². The highest BCUT2D eigenvalue weighted by Gasteiger charge is 2.29. The molecule has 0 fully saturated rings. The van der Waals surface area contributed by atoms with Gasteiger partial charge in [-0.05, 0) is 0 Å². The zero-order valence-corrected chi connectivity index (χ0v) is 7.38. The number of ketones is 1. The fourth-order valence-electron chi connectivity index (χ4n) is 0.860. The molecule has 0 radical (unpaired) electrons. The minimum atomic E-state index is -1.31. The SMILES string of the molecule is CO[C@@H](C(=O)[C@@H](N)CO)[C@H](O)CO. The van der Waals surface area contributed by atoms with E-state index in [2.05, 4.69) is 4.74 Å². The Hall–Kier alpha value is -0.530. The lowest BCUT2D eigenvalue weighted by molar-refractivity contribution is -0.139. The monoisotopic (exact) mass is 193 g/mol. The lowest BCUT2D eigenvalue weighted by atomic mass is 10.0. The molecular formula is C7H15NO5. The smallest absolute Gasteiger partial charge is 0.183 e. The summed E-state index contributed by atoms with van der Waals surface area (Å²) in [5.74, 6) is -0.633. The predicted molar refractivity (Wildman–Crippen MR) is 44.0 cm³/mol. The number of aliphatic hydroxyl groups excluding tert-OH is 3. The molecule has 0 aliphatic carbocycles. The first kappa shape index (κ1) is 12.5. The molecule has 0 amide bonds. The van der Waals surface area contributed by atoms with Crippen molar-refractivity contribution < 1.29 is 24.9 Å². The second kappa shape index (κ2) is 6.01. The molecule has 6 nitrogen and oxygen atoms in total. The Morgan fingerprint density at radius 3 is 2.31 bits per heavy atom. The van der Waals surface area contributed by atoms with E-state index in [1.165, 1.54) is 7.11 Å². The van der Waals surface area contributed by atoms with Crippen LogP contribution in [0.4, 0.5) is 0 Å². The van der Waals surface area contributed by atoms with E-state index in [0.29, 0.717) is 0 Å². The highest BCUT2D eigenvalue weighted by molar-refractivity contribution is 5.88. The van der Waals surface area contributed by atoms with Gasteiger partial charge < -0.3 is 25.8 Å². The van der Waals surface area contributed by atoms with E-state index in [1.54, 1.807) is 0 Å². The molecule has 0 bridgehead atoms. The summed E-state index contributed by atoms with van der Waals surface area (Å²) in [6.45, 7) is -1.11. The number of Topliss-reactive ketones (excluding diaryl/α,β-unsaturated/α-hetero) is 1. The van der Waals surface area contributed by atoms with Gasteiger partial charge in [0.1, 0.15) is 12.2 Å². The number of hydrogen-bond donors (Lipinski definition) is 4. The van der Waals surface area contributed by atoms with Crippen molar-refractivity contribution in [1.82, 2.24) is 0 Å². The molecule has 5 N–H and O–H groups in total. The van der Waals surface area contributed by atoms with Crippen LogP contribution in [0.3, 0.4) is 0 Å². The van der Waals surface area contributed by atoms with Gasteiger partial charge in [-0.25, -0.2) is 0 Å². The van der Waals surface area contributed by atoms with Gasteiger partial charge in [-0.15, -0.1) is 0 Å². The van der Waals surface area contributed by atoms with Gasteiger partial charge in [0.15, 0.2) is 5.78 Å². The molecule has 3 atom stereocenters. The Morgan fingerprint density at radius 1 is 1.46 bits per heavy atom. The zero-order valence-electron chi connectivity index (χ0n) is 7.38. The van der Waals surface area contributed by atoms with Crippen molar-refractivity contribution in [2.45, 2.75) is 18.2 Å². The Morgan fingerprint density at radius 2 is 2.00 bits per heavy atom. The number of carbonyl (C=O) groups excluding carboxylic acids is 1. The van der Waals surface area contributed by atoms with Crippen LogP contribution in [-0.2, 0) is 9.53 Å². The van der Waals surface area contributed by atoms with Crippen LogP contribution in [0.25, 0.3) is 0 Å². The van der Waals surface area contributed by atoms with E-state index in [1.807, 2.05) is 0 Å². The van der Waals surface area contributed by atoms with Crippen molar-refractivity contribution in [3.63, 3.8) is 0 Å². The fourth-order valence-corrected chi connectivity index (χ4v) is 0.860. The van der Waals surface area contributed by atoms with Gasteiger partial charge >= 0.3 is 0 Å². The molecule has 0 aliphatic rings. The molecule has 78 valence electrons. The predicted octanol–water partition coefficient (Wildman–Crippen LogP) is -2.76. The van der Waals surface area contributed by atoms with Crippen LogP contribution in [-0.4, -0.2) is 59.7 Å². The summed E-state index contributed by atoms with van der Waals surface area (Å²) >= 11 is 0. The van der Waals surface area contributed by atoms with Crippen LogP contribution < -0.4 is 5.73 Å². The lowest BCUT2D eigenvalue weighted by Crippen LogP contribution is -2.48. The van der Waals surface area contributed by atoms with Gasteiger partial charge in [0.05, 0.1) is 19.3 Å². The molecule has 0 saturated heterocycles. The van der Waals surface area contributed by atoms with Crippen LogP contribution in [0.15, 0.2) is 0 Å². The average molecular weight is 193 g/mol. The molecule has 6 heteroatoms. The molecular weight excluding hydrogens is 178 g/mol. The average Bonchev–Trinajstić information content (AvgIpc) is 2.17. The first-order chi connectivity index (χ1) is 6.08.